The average Bonchev–Trinajstić information content (AvgIpc) is 3.10. The predicted octanol–water partition coefficient (Wildman–Crippen LogP) is 5.16. The molecule has 0 saturated carbocycles. The van der Waals surface area contributed by atoms with Crippen molar-refractivity contribution in [3.63, 3.8) is 0 Å². The molecule has 0 amide bonds. The second-order valence-electron chi connectivity index (χ2n) is 6.96. The number of aromatic nitrogens is 3. The van der Waals surface area contributed by atoms with Gasteiger partial charge in [0, 0.05) is 12.1 Å². The number of benzene rings is 2. The van der Waals surface area contributed by atoms with Gasteiger partial charge in [-0.2, -0.15) is 0 Å². The Labute approximate surface area is 180 Å². The Kier molecular flexibility index (Phi) is 7.05. The van der Waals surface area contributed by atoms with Gasteiger partial charge >= 0.3 is 0 Å². The summed E-state index contributed by atoms with van der Waals surface area (Å²) < 4.78 is 20.6. The third-order valence-corrected chi connectivity index (χ3v) is 5.81. The molecule has 0 aliphatic heterocycles. The Hall–Kier alpha value is -2.93. The van der Waals surface area contributed by atoms with E-state index < -0.39 is 0 Å². The van der Waals surface area contributed by atoms with Crippen LogP contribution in [0.3, 0.4) is 0 Å². The summed E-state index contributed by atoms with van der Waals surface area (Å²) in [5.74, 6) is 0.864. The van der Waals surface area contributed by atoms with Crippen molar-refractivity contribution in [1.82, 2.24) is 14.8 Å². The van der Waals surface area contributed by atoms with E-state index in [4.69, 9.17) is 4.74 Å². The molecule has 7 heteroatoms. The normalized spacial score (nSPS) is 11.9. The van der Waals surface area contributed by atoms with E-state index in [-0.39, 0.29) is 23.5 Å². The summed E-state index contributed by atoms with van der Waals surface area (Å²) in [6.07, 6.45) is 1.74. The van der Waals surface area contributed by atoms with Crippen LogP contribution >= 0.6 is 11.8 Å². The van der Waals surface area contributed by atoms with Crippen LogP contribution in [0.2, 0.25) is 0 Å². The first-order chi connectivity index (χ1) is 14.4. The average molecular weight is 426 g/mol. The van der Waals surface area contributed by atoms with E-state index in [0.717, 1.165) is 11.1 Å². The summed E-state index contributed by atoms with van der Waals surface area (Å²) in [7, 11) is 0. The third-order valence-electron chi connectivity index (χ3n) is 4.73. The van der Waals surface area contributed by atoms with E-state index >= 15 is 0 Å². The monoisotopic (exact) mass is 425 g/mol. The van der Waals surface area contributed by atoms with E-state index in [0.29, 0.717) is 28.8 Å². The molecule has 1 aromatic heterocycles. The lowest BCUT2D eigenvalue weighted by Crippen LogP contribution is -2.15. The minimum Gasteiger partial charge on any atom is -0.486 e. The largest absolute Gasteiger partial charge is 0.486 e. The van der Waals surface area contributed by atoms with Gasteiger partial charge in [0.2, 0.25) is 0 Å². The standard InChI is InChI=1S/C23H24FN3O2S/c1-5-12-27-21(14-29-20-10-8-19(24)9-11-20)25-26-23(27)30-17(4)22(28)18-7-6-15(2)16(3)13-18/h5-11,13,17H,1,12,14H2,2-4H3. The van der Waals surface area contributed by atoms with Crippen LogP contribution in [0.5, 0.6) is 5.75 Å². The molecule has 156 valence electrons. The number of thioether (sulfide) groups is 1. The van der Waals surface area contributed by atoms with Gasteiger partial charge < -0.3 is 4.74 Å². The zero-order valence-electron chi connectivity index (χ0n) is 17.3. The number of ketones is 1. The lowest BCUT2D eigenvalue weighted by atomic mass is 10.0. The number of Topliss-reactive ketones (excluding diaryl/α,β-unsaturated/α-hetero) is 1. The molecule has 0 spiro atoms. The van der Waals surface area contributed by atoms with Crippen molar-refractivity contribution in [3.8, 4) is 5.75 Å². The molecule has 0 fully saturated rings. The van der Waals surface area contributed by atoms with E-state index in [9.17, 15) is 9.18 Å². The second kappa shape index (κ2) is 9.71. The van der Waals surface area contributed by atoms with Crippen LogP contribution in [0.1, 0.15) is 34.2 Å². The van der Waals surface area contributed by atoms with Crippen molar-refractivity contribution in [2.45, 2.75) is 44.3 Å². The molecular weight excluding hydrogens is 401 g/mol. The van der Waals surface area contributed by atoms with Gasteiger partial charge in [0.1, 0.15) is 18.2 Å². The first kappa shape index (κ1) is 21.8. The van der Waals surface area contributed by atoms with Crippen LogP contribution in [0, 0.1) is 19.7 Å². The summed E-state index contributed by atoms with van der Waals surface area (Å²) in [4.78, 5) is 12.9. The topological polar surface area (TPSA) is 57.0 Å². The molecule has 0 bridgehead atoms. The van der Waals surface area contributed by atoms with Crippen LogP contribution in [-0.4, -0.2) is 25.8 Å². The SMILES string of the molecule is C=CCn1c(COc2ccc(F)cc2)nnc1SC(C)C(=O)c1ccc(C)c(C)c1. The van der Waals surface area contributed by atoms with Crippen molar-refractivity contribution in [2.24, 2.45) is 0 Å². The quantitative estimate of drug-likeness (QED) is 0.269. The van der Waals surface area contributed by atoms with Crippen LogP contribution < -0.4 is 4.74 Å². The van der Waals surface area contributed by atoms with Crippen LogP contribution in [-0.2, 0) is 13.2 Å². The number of nitrogens with zero attached hydrogens (tertiary/aromatic N) is 3. The molecular formula is C23H24FN3O2S. The molecule has 0 N–H and O–H groups in total. The molecule has 3 rings (SSSR count). The Morgan fingerprint density at radius 3 is 2.60 bits per heavy atom. The third kappa shape index (κ3) is 5.16. The molecule has 1 heterocycles. The van der Waals surface area contributed by atoms with Crippen molar-refractivity contribution in [2.75, 3.05) is 0 Å². The molecule has 0 saturated heterocycles. The molecule has 3 aromatic rings. The maximum absolute atomic E-state index is 13.0. The van der Waals surface area contributed by atoms with Gasteiger partial charge in [-0.05, 0) is 62.2 Å². The summed E-state index contributed by atoms with van der Waals surface area (Å²) in [6.45, 7) is 10.3. The fourth-order valence-electron chi connectivity index (χ4n) is 2.85. The van der Waals surface area contributed by atoms with E-state index in [1.807, 2.05) is 43.5 Å². The maximum atomic E-state index is 13.0. The number of allylic oxidation sites excluding steroid dienone is 1. The van der Waals surface area contributed by atoms with Crippen molar-refractivity contribution >= 4 is 17.5 Å². The molecule has 1 unspecified atom stereocenters. The Bertz CT molecular complexity index is 1050. The number of carbonyl (C=O) groups excluding carboxylic acids is 1. The number of rotatable bonds is 9. The molecule has 0 aliphatic rings. The Morgan fingerprint density at radius 2 is 1.93 bits per heavy atom. The smallest absolute Gasteiger partial charge is 0.192 e. The maximum Gasteiger partial charge on any atom is 0.192 e. The Morgan fingerprint density at radius 1 is 1.20 bits per heavy atom. The van der Waals surface area contributed by atoms with Gasteiger partial charge in [0.25, 0.3) is 0 Å². The van der Waals surface area contributed by atoms with Crippen LogP contribution in [0.15, 0.2) is 60.3 Å². The number of hydrogen-bond donors (Lipinski definition) is 0. The molecule has 1 atom stereocenters. The highest BCUT2D eigenvalue weighted by Crippen LogP contribution is 2.26. The van der Waals surface area contributed by atoms with Gasteiger partial charge in [-0.15, -0.1) is 16.8 Å². The van der Waals surface area contributed by atoms with Crippen molar-refractivity contribution < 1.29 is 13.9 Å². The molecule has 0 radical (unpaired) electrons. The zero-order valence-corrected chi connectivity index (χ0v) is 18.1. The van der Waals surface area contributed by atoms with Gasteiger partial charge in [-0.25, -0.2) is 4.39 Å². The highest BCUT2D eigenvalue weighted by molar-refractivity contribution is 8.00. The van der Waals surface area contributed by atoms with Gasteiger partial charge in [-0.1, -0.05) is 30.0 Å². The molecule has 5 nitrogen and oxygen atoms in total. The summed E-state index contributed by atoms with van der Waals surface area (Å²) in [6, 6.07) is 11.5. The number of ether oxygens (including phenoxy) is 1. The second-order valence-corrected chi connectivity index (χ2v) is 8.27. The first-order valence-electron chi connectivity index (χ1n) is 9.58. The van der Waals surface area contributed by atoms with Crippen LogP contribution in [0.4, 0.5) is 4.39 Å². The summed E-state index contributed by atoms with van der Waals surface area (Å²) >= 11 is 1.35. The molecule has 0 aliphatic carbocycles. The highest BCUT2D eigenvalue weighted by Gasteiger charge is 2.21. The zero-order chi connectivity index (χ0) is 21.7. The number of aryl methyl sites for hydroxylation is 2. The van der Waals surface area contributed by atoms with E-state index in [1.54, 1.807) is 18.2 Å². The molecule has 30 heavy (non-hydrogen) atoms. The van der Waals surface area contributed by atoms with Gasteiger partial charge in [0.15, 0.2) is 16.8 Å². The number of halogens is 1. The summed E-state index contributed by atoms with van der Waals surface area (Å²) in [5, 5.41) is 8.75. The fraction of sp³-hybridized carbons (Fsp3) is 0.261. The Balaban J connectivity index is 1.73. The van der Waals surface area contributed by atoms with Crippen LogP contribution in [0.25, 0.3) is 0 Å². The van der Waals surface area contributed by atoms with Crippen molar-refractivity contribution in [1.29, 1.82) is 0 Å². The first-order valence-corrected chi connectivity index (χ1v) is 10.5. The minimum atomic E-state index is -0.328. The predicted molar refractivity (Wildman–Crippen MR) is 117 cm³/mol. The van der Waals surface area contributed by atoms with E-state index in [2.05, 4.69) is 16.8 Å². The lowest BCUT2D eigenvalue weighted by molar-refractivity contribution is 0.0993. The number of hydrogen-bond acceptors (Lipinski definition) is 5. The van der Waals surface area contributed by atoms with E-state index in [1.165, 1.54) is 23.9 Å². The van der Waals surface area contributed by atoms with Crippen molar-refractivity contribution in [3.05, 3.63) is 83.5 Å². The van der Waals surface area contributed by atoms with Gasteiger partial charge in [-0.3, -0.25) is 9.36 Å². The molecule has 2 aromatic carbocycles. The highest BCUT2D eigenvalue weighted by atomic mass is 32.2. The number of carbonyl (C=O) groups is 1. The fourth-order valence-corrected chi connectivity index (χ4v) is 3.80. The van der Waals surface area contributed by atoms with Gasteiger partial charge in [0.05, 0.1) is 5.25 Å². The lowest BCUT2D eigenvalue weighted by Gasteiger charge is -2.13. The minimum absolute atomic E-state index is 0.0420. The summed E-state index contributed by atoms with van der Waals surface area (Å²) in [5.41, 5.74) is 2.93.